The van der Waals surface area contributed by atoms with Crippen molar-refractivity contribution >= 4 is 33.3 Å². The minimum Gasteiger partial charge on any atom is -0.316 e. The summed E-state index contributed by atoms with van der Waals surface area (Å²) in [5.41, 5.74) is 3.39. The number of fused-ring (bicyclic) bond motifs is 1. The average molecular weight is 304 g/mol. The first kappa shape index (κ1) is 13.6. The molecule has 2 aromatic heterocycles. The van der Waals surface area contributed by atoms with E-state index in [0.717, 1.165) is 27.1 Å². The van der Waals surface area contributed by atoms with Gasteiger partial charge in [-0.1, -0.05) is 12.1 Å². The first-order chi connectivity index (χ1) is 9.69. The van der Waals surface area contributed by atoms with Gasteiger partial charge in [-0.25, -0.2) is 4.98 Å². The van der Waals surface area contributed by atoms with Gasteiger partial charge in [0.2, 0.25) is 0 Å². The van der Waals surface area contributed by atoms with Crippen LogP contribution in [0.5, 0.6) is 0 Å². The lowest BCUT2D eigenvalue weighted by Crippen LogP contribution is -2.06. The minimum absolute atomic E-state index is 0.826. The number of nitrogens with zero attached hydrogens (tertiary/aromatic N) is 3. The molecule has 4 nitrogen and oxygen atoms in total. The van der Waals surface area contributed by atoms with Gasteiger partial charge < -0.3 is 5.32 Å². The van der Waals surface area contributed by atoms with E-state index in [9.17, 15) is 0 Å². The molecular weight excluding hydrogens is 288 g/mol. The van der Waals surface area contributed by atoms with E-state index in [1.54, 1.807) is 23.1 Å². The van der Waals surface area contributed by atoms with Crippen molar-refractivity contribution in [3.05, 3.63) is 35.5 Å². The van der Waals surface area contributed by atoms with Crippen molar-refractivity contribution in [2.45, 2.75) is 22.8 Å². The van der Waals surface area contributed by atoms with E-state index in [1.807, 2.05) is 24.8 Å². The fourth-order valence-corrected chi connectivity index (χ4v) is 4.36. The van der Waals surface area contributed by atoms with Gasteiger partial charge in [0.15, 0.2) is 4.34 Å². The lowest BCUT2D eigenvalue weighted by atomic mass is 10.3. The van der Waals surface area contributed by atoms with E-state index in [2.05, 4.69) is 40.5 Å². The highest BCUT2D eigenvalue weighted by Gasteiger charge is 2.15. The highest BCUT2D eigenvalue weighted by atomic mass is 32.2. The SMILES string of the molecule is CNCc1c(C)nn(C)c1Sc1nc2ccccc2s1. The molecule has 3 rings (SSSR count). The molecule has 0 aliphatic rings. The molecule has 0 saturated heterocycles. The molecule has 3 aromatic rings. The maximum absolute atomic E-state index is 4.68. The Balaban J connectivity index is 1.98. The van der Waals surface area contributed by atoms with Crippen molar-refractivity contribution in [1.29, 1.82) is 0 Å². The largest absolute Gasteiger partial charge is 0.316 e. The van der Waals surface area contributed by atoms with Crippen molar-refractivity contribution in [2.24, 2.45) is 7.05 Å². The number of aromatic nitrogens is 3. The molecule has 0 amide bonds. The van der Waals surface area contributed by atoms with Gasteiger partial charge in [0.05, 0.1) is 15.9 Å². The predicted molar refractivity (Wildman–Crippen MR) is 84.5 cm³/mol. The zero-order valence-electron chi connectivity index (χ0n) is 11.7. The second-order valence-electron chi connectivity index (χ2n) is 4.57. The number of benzene rings is 1. The number of rotatable bonds is 4. The van der Waals surface area contributed by atoms with E-state index in [-0.39, 0.29) is 0 Å². The summed E-state index contributed by atoms with van der Waals surface area (Å²) in [6.07, 6.45) is 0. The first-order valence-electron chi connectivity index (χ1n) is 6.39. The second kappa shape index (κ2) is 5.55. The third kappa shape index (κ3) is 2.46. The van der Waals surface area contributed by atoms with Crippen molar-refractivity contribution in [3.63, 3.8) is 0 Å². The molecule has 0 aliphatic heterocycles. The quantitative estimate of drug-likeness (QED) is 0.804. The smallest absolute Gasteiger partial charge is 0.157 e. The maximum atomic E-state index is 4.68. The third-order valence-corrected chi connectivity index (χ3v) is 5.40. The van der Waals surface area contributed by atoms with Gasteiger partial charge in [-0.2, -0.15) is 5.10 Å². The predicted octanol–water partition coefficient (Wildman–Crippen LogP) is 3.21. The fraction of sp³-hybridized carbons (Fsp3) is 0.286. The molecular formula is C14H16N4S2. The molecule has 2 heterocycles. The van der Waals surface area contributed by atoms with Crippen LogP contribution in [0.15, 0.2) is 33.6 Å². The van der Waals surface area contributed by atoms with Crippen LogP contribution in [0.3, 0.4) is 0 Å². The molecule has 6 heteroatoms. The summed E-state index contributed by atoms with van der Waals surface area (Å²) in [5, 5.41) is 8.88. The van der Waals surface area contributed by atoms with Crippen LogP contribution in [0.2, 0.25) is 0 Å². The van der Waals surface area contributed by atoms with Crippen molar-refractivity contribution in [3.8, 4) is 0 Å². The lowest BCUT2D eigenvalue weighted by Gasteiger charge is -2.03. The van der Waals surface area contributed by atoms with Gasteiger partial charge >= 0.3 is 0 Å². The summed E-state index contributed by atoms with van der Waals surface area (Å²) in [4.78, 5) is 4.68. The molecule has 1 N–H and O–H groups in total. The number of thiazole rings is 1. The molecule has 0 spiro atoms. The standard InChI is InChI=1S/C14H16N4S2/c1-9-10(8-15-2)13(18(3)17-9)20-14-16-11-6-4-5-7-12(11)19-14/h4-7,15H,8H2,1-3H3. The van der Waals surface area contributed by atoms with Crippen molar-refractivity contribution in [1.82, 2.24) is 20.1 Å². The van der Waals surface area contributed by atoms with Crippen molar-refractivity contribution in [2.75, 3.05) is 7.05 Å². The zero-order chi connectivity index (χ0) is 14.1. The van der Waals surface area contributed by atoms with E-state index >= 15 is 0 Å². The Labute approximate surface area is 126 Å². The third-order valence-electron chi connectivity index (χ3n) is 3.10. The Kier molecular flexibility index (Phi) is 3.78. The van der Waals surface area contributed by atoms with Crippen LogP contribution in [0, 0.1) is 6.92 Å². The van der Waals surface area contributed by atoms with Gasteiger partial charge in [-0.05, 0) is 37.9 Å². The highest BCUT2D eigenvalue weighted by Crippen LogP contribution is 2.36. The number of hydrogen-bond acceptors (Lipinski definition) is 5. The number of para-hydroxylation sites is 1. The second-order valence-corrected chi connectivity index (χ2v) is 6.84. The Hall–Kier alpha value is -1.37. The van der Waals surface area contributed by atoms with Gasteiger partial charge in [0, 0.05) is 19.2 Å². The number of nitrogens with one attached hydrogen (secondary N) is 1. The van der Waals surface area contributed by atoms with E-state index in [4.69, 9.17) is 0 Å². The molecule has 0 bridgehead atoms. The van der Waals surface area contributed by atoms with Crippen LogP contribution in [-0.4, -0.2) is 21.8 Å². The van der Waals surface area contributed by atoms with E-state index < -0.39 is 0 Å². The molecule has 0 aliphatic carbocycles. The molecule has 1 aromatic carbocycles. The van der Waals surface area contributed by atoms with Gasteiger partial charge in [-0.3, -0.25) is 4.68 Å². The molecule has 0 radical (unpaired) electrons. The van der Waals surface area contributed by atoms with Crippen LogP contribution >= 0.6 is 23.1 Å². The normalized spacial score (nSPS) is 11.3. The molecule has 0 fully saturated rings. The van der Waals surface area contributed by atoms with Crippen LogP contribution < -0.4 is 5.32 Å². The zero-order valence-corrected chi connectivity index (χ0v) is 13.3. The van der Waals surface area contributed by atoms with Crippen LogP contribution in [0.25, 0.3) is 10.2 Å². The Morgan fingerprint density at radius 3 is 2.90 bits per heavy atom. The summed E-state index contributed by atoms with van der Waals surface area (Å²) in [7, 11) is 3.94. The van der Waals surface area contributed by atoms with Gasteiger partial charge in [0.25, 0.3) is 0 Å². The van der Waals surface area contributed by atoms with E-state index in [1.165, 1.54) is 10.3 Å². The summed E-state index contributed by atoms with van der Waals surface area (Å²) in [6, 6.07) is 8.24. The van der Waals surface area contributed by atoms with Crippen molar-refractivity contribution < 1.29 is 0 Å². The minimum atomic E-state index is 0.826. The van der Waals surface area contributed by atoms with Crippen LogP contribution in [-0.2, 0) is 13.6 Å². The van der Waals surface area contributed by atoms with Crippen LogP contribution in [0.4, 0.5) is 0 Å². The molecule has 0 atom stereocenters. The summed E-state index contributed by atoms with van der Waals surface area (Å²) >= 11 is 3.42. The number of hydrogen-bond donors (Lipinski definition) is 1. The topological polar surface area (TPSA) is 42.7 Å². The summed E-state index contributed by atoms with van der Waals surface area (Å²) < 4.78 is 4.23. The fourth-order valence-electron chi connectivity index (χ4n) is 2.17. The lowest BCUT2D eigenvalue weighted by molar-refractivity contribution is 0.683. The first-order valence-corrected chi connectivity index (χ1v) is 8.03. The molecule has 20 heavy (non-hydrogen) atoms. The number of aryl methyl sites for hydroxylation is 2. The molecule has 0 unspecified atom stereocenters. The summed E-state index contributed by atoms with van der Waals surface area (Å²) in [6.45, 7) is 2.88. The Morgan fingerprint density at radius 2 is 2.15 bits per heavy atom. The Bertz CT molecular complexity index is 712. The Morgan fingerprint density at radius 1 is 1.35 bits per heavy atom. The summed E-state index contributed by atoms with van der Waals surface area (Å²) in [5.74, 6) is 0. The van der Waals surface area contributed by atoms with Gasteiger partial charge in [-0.15, -0.1) is 11.3 Å². The highest BCUT2D eigenvalue weighted by molar-refractivity contribution is 8.01. The van der Waals surface area contributed by atoms with Gasteiger partial charge in [0.1, 0.15) is 5.03 Å². The molecule has 104 valence electrons. The van der Waals surface area contributed by atoms with E-state index in [0.29, 0.717) is 0 Å². The van der Waals surface area contributed by atoms with Crippen LogP contribution in [0.1, 0.15) is 11.3 Å². The maximum Gasteiger partial charge on any atom is 0.157 e. The monoisotopic (exact) mass is 304 g/mol. The molecule has 0 saturated carbocycles. The average Bonchev–Trinajstić information content (AvgIpc) is 2.94.